The zero-order valence-electron chi connectivity index (χ0n) is 8.63. The third-order valence-electron chi connectivity index (χ3n) is 2.09. The van der Waals surface area contributed by atoms with E-state index in [0.717, 1.165) is 5.56 Å². The van der Waals surface area contributed by atoms with Crippen molar-refractivity contribution < 1.29 is 9.84 Å². The van der Waals surface area contributed by atoms with E-state index in [-0.39, 0.29) is 6.61 Å². The van der Waals surface area contributed by atoms with Crippen LogP contribution in [0.5, 0.6) is 11.5 Å². The van der Waals surface area contributed by atoms with Crippen molar-refractivity contribution in [3.8, 4) is 11.5 Å². The normalized spacial score (nSPS) is 10.1. The lowest BCUT2D eigenvalue weighted by atomic mass is 10.2. The van der Waals surface area contributed by atoms with Crippen LogP contribution in [0.1, 0.15) is 5.56 Å². The number of pyridine rings is 1. The Morgan fingerprint density at radius 1 is 1.12 bits per heavy atom. The van der Waals surface area contributed by atoms with Crippen molar-refractivity contribution in [2.45, 2.75) is 6.61 Å². The Labute approximate surface area is 93.3 Å². The van der Waals surface area contributed by atoms with Gasteiger partial charge in [0.05, 0.1) is 6.61 Å². The van der Waals surface area contributed by atoms with E-state index in [1.807, 2.05) is 0 Å². The highest BCUT2D eigenvalue weighted by Crippen LogP contribution is 2.22. The number of hydrogen-bond donors (Lipinski definition) is 2. The predicted octanol–water partition coefficient (Wildman–Crippen LogP) is 1.95. The number of anilines is 1. The number of nitrogen functional groups attached to an aromatic ring is 1. The molecule has 0 saturated carbocycles. The number of ether oxygens (including phenoxy) is 1. The van der Waals surface area contributed by atoms with Crippen molar-refractivity contribution >= 4 is 5.82 Å². The molecule has 0 radical (unpaired) electrons. The quantitative estimate of drug-likeness (QED) is 0.822. The molecule has 4 heteroatoms. The number of aliphatic hydroxyl groups excluding tert-OH is 1. The lowest BCUT2D eigenvalue weighted by molar-refractivity contribution is 0.281. The first-order chi connectivity index (χ1) is 7.78. The molecule has 0 bridgehead atoms. The average Bonchev–Trinajstić information content (AvgIpc) is 2.30. The maximum atomic E-state index is 8.89. The van der Waals surface area contributed by atoms with Crippen molar-refractivity contribution in [1.29, 1.82) is 0 Å². The van der Waals surface area contributed by atoms with Gasteiger partial charge in [-0.3, -0.25) is 0 Å². The summed E-state index contributed by atoms with van der Waals surface area (Å²) in [5, 5.41) is 8.89. The molecule has 0 spiro atoms. The summed E-state index contributed by atoms with van der Waals surface area (Å²) in [5.74, 6) is 1.76. The van der Waals surface area contributed by atoms with E-state index in [9.17, 15) is 0 Å². The Hall–Kier alpha value is -2.07. The molecule has 3 N–H and O–H groups in total. The summed E-state index contributed by atoms with van der Waals surface area (Å²) in [4.78, 5) is 3.87. The lowest BCUT2D eigenvalue weighted by Crippen LogP contribution is -1.91. The summed E-state index contributed by atoms with van der Waals surface area (Å²) in [5.41, 5.74) is 6.38. The minimum absolute atomic E-state index is 0.0302. The summed E-state index contributed by atoms with van der Waals surface area (Å²) < 4.78 is 5.56. The van der Waals surface area contributed by atoms with E-state index in [0.29, 0.717) is 17.3 Å². The molecule has 2 rings (SSSR count). The van der Waals surface area contributed by atoms with Crippen molar-refractivity contribution in [1.82, 2.24) is 4.98 Å². The number of nitrogens with two attached hydrogens (primary N) is 1. The molecule has 16 heavy (non-hydrogen) atoms. The van der Waals surface area contributed by atoms with Crippen LogP contribution in [0.3, 0.4) is 0 Å². The minimum atomic E-state index is 0.0302. The molecule has 0 amide bonds. The van der Waals surface area contributed by atoms with Gasteiger partial charge < -0.3 is 15.6 Å². The van der Waals surface area contributed by atoms with E-state index in [4.69, 9.17) is 15.6 Å². The summed E-state index contributed by atoms with van der Waals surface area (Å²) in [6, 6.07) is 10.6. The molecule has 0 saturated heterocycles. The van der Waals surface area contributed by atoms with Gasteiger partial charge in [-0.05, 0) is 23.8 Å². The molecule has 0 aliphatic rings. The van der Waals surface area contributed by atoms with Gasteiger partial charge in [0.1, 0.15) is 17.3 Å². The third-order valence-corrected chi connectivity index (χ3v) is 2.09. The number of hydrogen-bond acceptors (Lipinski definition) is 4. The molecule has 0 aliphatic carbocycles. The number of aliphatic hydroxyl groups is 1. The third kappa shape index (κ3) is 2.49. The average molecular weight is 216 g/mol. The molecular formula is C12H12N2O2. The Morgan fingerprint density at radius 2 is 1.88 bits per heavy atom. The summed E-state index contributed by atoms with van der Waals surface area (Å²) >= 11 is 0. The number of aromatic nitrogens is 1. The highest BCUT2D eigenvalue weighted by Gasteiger charge is 1.98. The maximum Gasteiger partial charge on any atom is 0.132 e. The van der Waals surface area contributed by atoms with Crippen LogP contribution >= 0.6 is 0 Å². The predicted molar refractivity (Wildman–Crippen MR) is 61.1 cm³/mol. The zero-order valence-corrected chi connectivity index (χ0v) is 8.63. The Bertz CT molecular complexity index is 469. The van der Waals surface area contributed by atoms with Crippen molar-refractivity contribution in [2.24, 2.45) is 0 Å². The van der Waals surface area contributed by atoms with Gasteiger partial charge in [-0.2, -0.15) is 0 Å². The monoisotopic (exact) mass is 216 g/mol. The fourth-order valence-corrected chi connectivity index (χ4v) is 1.29. The Kier molecular flexibility index (Phi) is 3.03. The Balaban J connectivity index is 2.14. The van der Waals surface area contributed by atoms with E-state index in [1.165, 1.54) is 0 Å². The molecule has 0 fully saturated rings. The molecule has 1 aromatic carbocycles. The molecule has 0 aliphatic heterocycles. The lowest BCUT2D eigenvalue weighted by Gasteiger charge is -2.06. The summed E-state index contributed by atoms with van der Waals surface area (Å²) in [6.45, 7) is 0.0302. The van der Waals surface area contributed by atoms with Crippen molar-refractivity contribution in [3.05, 3.63) is 48.2 Å². The fraction of sp³-hybridized carbons (Fsp3) is 0.0833. The van der Waals surface area contributed by atoms with E-state index < -0.39 is 0 Å². The molecule has 0 unspecified atom stereocenters. The molecule has 4 nitrogen and oxygen atoms in total. The van der Waals surface area contributed by atoms with Gasteiger partial charge in [-0.25, -0.2) is 4.98 Å². The standard InChI is InChI=1S/C12H12N2O2/c13-12-7-11(5-6-14-12)16-10-3-1-9(8-15)2-4-10/h1-7,15H,8H2,(H2,13,14). The molecule has 82 valence electrons. The second kappa shape index (κ2) is 4.63. The minimum Gasteiger partial charge on any atom is -0.457 e. The molecular weight excluding hydrogens is 204 g/mol. The van der Waals surface area contributed by atoms with Crippen LogP contribution in [0.4, 0.5) is 5.82 Å². The fourth-order valence-electron chi connectivity index (χ4n) is 1.29. The van der Waals surface area contributed by atoms with Crippen LogP contribution in [0.25, 0.3) is 0 Å². The van der Waals surface area contributed by atoms with Gasteiger partial charge in [-0.1, -0.05) is 12.1 Å². The van der Waals surface area contributed by atoms with Crippen LogP contribution in [0, 0.1) is 0 Å². The molecule has 1 aromatic heterocycles. The van der Waals surface area contributed by atoms with Gasteiger partial charge in [0.25, 0.3) is 0 Å². The van der Waals surface area contributed by atoms with Crippen LogP contribution in [-0.2, 0) is 6.61 Å². The van der Waals surface area contributed by atoms with Gasteiger partial charge in [-0.15, -0.1) is 0 Å². The van der Waals surface area contributed by atoms with Gasteiger partial charge >= 0.3 is 0 Å². The van der Waals surface area contributed by atoms with Crippen LogP contribution in [0.15, 0.2) is 42.6 Å². The van der Waals surface area contributed by atoms with E-state index in [1.54, 1.807) is 42.6 Å². The zero-order chi connectivity index (χ0) is 11.4. The molecule has 0 atom stereocenters. The van der Waals surface area contributed by atoms with Crippen molar-refractivity contribution in [2.75, 3.05) is 5.73 Å². The second-order valence-electron chi connectivity index (χ2n) is 3.32. The van der Waals surface area contributed by atoms with E-state index >= 15 is 0 Å². The van der Waals surface area contributed by atoms with Crippen LogP contribution in [-0.4, -0.2) is 10.1 Å². The van der Waals surface area contributed by atoms with Crippen molar-refractivity contribution in [3.63, 3.8) is 0 Å². The van der Waals surface area contributed by atoms with Crippen LogP contribution in [0.2, 0.25) is 0 Å². The number of rotatable bonds is 3. The topological polar surface area (TPSA) is 68.4 Å². The van der Waals surface area contributed by atoms with Crippen LogP contribution < -0.4 is 10.5 Å². The largest absolute Gasteiger partial charge is 0.457 e. The first-order valence-electron chi connectivity index (χ1n) is 4.87. The first-order valence-corrected chi connectivity index (χ1v) is 4.87. The number of benzene rings is 1. The van der Waals surface area contributed by atoms with Gasteiger partial charge in [0, 0.05) is 12.3 Å². The first kappa shape index (κ1) is 10.4. The number of nitrogens with zero attached hydrogens (tertiary/aromatic N) is 1. The molecule has 1 heterocycles. The molecule has 2 aromatic rings. The second-order valence-corrected chi connectivity index (χ2v) is 3.32. The summed E-state index contributed by atoms with van der Waals surface area (Å²) in [7, 11) is 0. The maximum absolute atomic E-state index is 8.89. The Morgan fingerprint density at radius 3 is 2.50 bits per heavy atom. The highest BCUT2D eigenvalue weighted by atomic mass is 16.5. The highest BCUT2D eigenvalue weighted by molar-refractivity contribution is 5.39. The SMILES string of the molecule is Nc1cc(Oc2ccc(CO)cc2)ccn1. The van der Waals surface area contributed by atoms with E-state index in [2.05, 4.69) is 4.98 Å². The van der Waals surface area contributed by atoms with Gasteiger partial charge in [0.15, 0.2) is 0 Å². The van der Waals surface area contributed by atoms with Gasteiger partial charge in [0.2, 0.25) is 0 Å². The smallest absolute Gasteiger partial charge is 0.132 e. The summed E-state index contributed by atoms with van der Waals surface area (Å²) in [6.07, 6.45) is 1.59.